The highest BCUT2D eigenvalue weighted by Crippen LogP contribution is 2.34. The third kappa shape index (κ3) is 1.93. The van der Waals surface area contributed by atoms with Crippen molar-refractivity contribution in [3.63, 3.8) is 0 Å². The van der Waals surface area contributed by atoms with Crippen LogP contribution >= 0.6 is 0 Å². The van der Waals surface area contributed by atoms with Crippen LogP contribution in [0.1, 0.15) is 29.1 Å². The van der Waals surface area contributed by atoms with E-state index in [2.05, 4.69) is 6.58 Å². The van der Waals surface area contributed by atoms with Crippen molar-refractivity contribution in [2.24, 2.45) is 0 Å². The van der Waals surface area contributed by atoms with Gasteiger partial charge < -0.3 is 4.74 Å². The molecule has 4 heteroatoms. The third-order valence-corrected chi connectivity index (χ3v) is 2.60. The molecule has 1 aromatic rings. The second kappa shape index (κ2) is 4.41. The monoisotopic (exact) mass is 231 g/mol. The molecule has 1 aliphatic heterocycles. The molecule has 0 aliphatic carbocycles. The Bertz CT molecular complexity index is 481. The molecule has 1 atom stereocenters. The van der Waals surface area contributed by atoms with Crippen molar-refractivity contribution in [2.45, 2.75) is 13.2 Å². The molecule has 4 nitrogen and oxygen atoms in total. The molecule has 1 heterocycles. The topological polar surface area (TPSA) is 46.6 Å². The summed E-state index contributed by atoms with van der Waals surface area (Å²) in [6.07, 6.45) is 0.981. The van der Waals surface area contributed by atoms with E-state index in [1.165, 1.54) is 11.8 Å². The van der Waals surface area contributed by atoms with E-state index >= 15 is 0 Å². The van der Waals surface area contributed by atoms with Crippen LogP contribution in [0, 0.1) is 0 Å². The predicted octanol–water partition coefficient (Wildman–Crippen LogP) is 1.89. The van der Waals surface area contributed by atoms with Gasteiger partial charge in [0.2, 0.25) is 6.23 Å². The fourth-order valence-electron chi connectivity index (χ4n) is 1.94. The number of rotatable bonds is 3. The van der Waals surface area contributed by atoms with Gasteiger partial charge in [-0.2, -0.15) is 0 Å². The molecular weight excluding hydrogens is 218 g/mol. The Morgan fingerprint density at radius 1 is 1.53 bits per heavy atom. The number of benzene rings is 1. The minimum atomic E-state index is -0.630. The molecule has 0 aromatic heterocycles. The van der Waals surface area contributed by atoms with E-state index in [-0.39, 0.29) is 5.91 Å². The largest absolute Gasteiger partial charge is 0.437 e. The van der Waals surface area contributed by atoms with Crippen molar-refractivity contribution in [3.8, 4) is 0 Å². The third-order valence-electron chi connectivity index (χ3n) is 2.60. The zero-order valence-corrected chi connectivity index (χ0v) is 9.55. The van der Waals surface area contributed by atoms with Gasteiger partial charge in [0.1, 0.15) is 0 Å². The number of esters is 1. The summed E-state index contributed by atoms with van der Waals surface area (Å²) < 4.78 is 5.19. The van der Waals surface area contributed by atoms with Crippen LogP contribution in [0.15, 0.2) is 36.9 Å². The number of hydrogen-bond donors (Lipinski definition) is 0. The van der Waals surface area contributed by atoms with Gasteiger partial charge in [0.15, 0.2) is 0 Å². The summed E-state index contributed by atoms with van der Waals surface area (Å²) >= 11 is 0. The Morgan fingerprint density at radius 2 is 2.24 bits per heavy atom. The van der Waals surface area contributed by atoms with E-state index < -0.39 is 12.2 Å². The van der Waals surface area contributed by atoms with Crippen LogP contribution in [0.25, 0.3) is 0 Å². The number of carbonyl (C=O) groups excluding carboxylic acids is 2. The molecule has 0 saturated carbocycles. The van der Waals surface area contributed by atoms with Gasteiger partial charge in [-0.15, -0.1) is 6.58 Å². The van der Waals surface area contributed by atoms with E-state index in [4.69, 9.17) is 4.74 Å². The first-order valence-electron chi connectivity index (χ1n) is 5.33. The molecule has 17 heavy (non-hydrogen) atoms. The molecular formula is C13H13NO3. The maximum atomic E-state index is 12.1. The zero-order chi connectivity index (χ0) is 12.4. The molecule has 1 amide bonds. The average Bonchev–Trinajstić information content (AvgIpc) is 2.55. The first-order chi connectivity index (χ1) is 8.15. The molecule has 0 radical (unpaired) electrons. The number of carbonyl (C=O) groups is 2. The van der Waals surface area contributed by atoms with E-state index in [0.717, 1.165) is 5.56 Å². The molecule has 1 aliphatic rings. The van der Waals surface area contributed by atoms with Crippen LogP contribution in [0.2, 0.25) is 0 Å². The molecule has 0 N–H and O–H groups in total. The smallest absolute Gasteiger partial charge is 0.304 e. The highest BCUT2D eigenvalue weighted by atomic mass is 16.6. The Kier molecular flexibility index (Phi) is 2.95. The summed E-state index contributed by atoms with van der Waals surface area (Å²) in [7, 11) is 0. The van der Waals surface area contributed by atoms with Gasteiger partial charge in [-0.1, -0.05) is 24.3 Å². The Balaban J connectivity index is 2.41. The van der Waals surface area contributed by atoms with Gasteiger partial charge in [-0.3, -0.25) is 14.5 Å². The lowest BCUT2D eigenvalue weighted by molar-refractivity contribution is -0.153. The van der Waals surface area contributed by atoms with Crippen LogP contribution in [0.4, 0.5) is 0 Å². The molecule has 2 rings (SSSR count). The van der Waals surface area contributed by atoms with E-state index in [1.54, 1.807) is 24.3 Å². The van der Waals surface area contributed by atoms with Crippen LogP contribution in [0.5, 0.6) is 0 Å². The first-order valence-corrected chi connectivity index (χ1v) is 5.33. The number of fused-ring (bicyclic) bond motifs is 1. The van der Waals surface area contributed by atoms with Gasteiger partial charge in [0, 0.05) is 24.6 Å². The van der Waals surface area contributed by atoms with Crippen LogP contribution < -0.4 is 0 Å². The summed E-state index contributed by atoms with van der Waals surface area (Å²) in [6, 6.07) is 7.14. The van der Waals surface area contributed by atoms with Crippen molar-refractivity contribution < 1.29 is 14.3 Å². The second-order valence-corrected chi connectivity index (χ2v) is 3.80. The van der Waals surface area contributed by atoms with Crippen LogP contribution in [0.3, 0.4) is 0 Å². The fraction of sp³-hybridized carbons (Fsp3) is 0.231. The summed E-state index contributed by atoms with van der Waals surface area (Å²) in [5.74, 6) is -0.541. The normalized spacial score (nSPS) is 17.8. The average molecular weight is 231 g/mol. The Labute approximate surface area is 99.5 Å². The van der Waals surface area contributed by atoms with Crippen LogP contribution in [-0.2, 0) is 9.53 Å². The van der Waals surface area contributed by atoms with Gasteiger partial charge in [0.25, 0.3) is 5.91 Å². The Hall–Kier alpha value is -2.10. The maximum Gasteiger partial charge on any atom is 0.304 e. The number of nitrogens with zero attached hydrogens (tertiary/aromatic N) is 1. The molecule has 0 fully saturated rings. The molecule has 88 valence electrons. The lowest BCUT2D eigenvalue weighted by atomic mass is 10.1. The van der Waals surface area contributed by atoms with Gasteiger partial charge in [-0.25, -0.2) is 0 Å². The number of ether oxygens (including phenoxy) is 1. The highest BCUT2D eigenvalue weighted by molar-refractivity contribution is 5.99. The quantitative estimate of drug-likeness (QED) is 0.589. The van der Waals surface area contributed by atoms with Gasteiger partial charge in [-0.05, 0) is 6.07 Å². The molecule has 1 unspecified atom stereocenters. The van der Waals surface area contributed by atoms with Gasteiger partial charge >= 0.3 is 5.97 Å². The Morgan fingerprint density at radius 3 is 2.88 bits per heavy atom. The molecule has 1 aromatic carbocycles. The minimum absolute atomic E-state index is 0.133. The predicted molar refractivity (Wildman–Crippen MR) is 62.2 cm³/mol. The SMILES string of the molecule is C=CCN1C(=O)c2ccccc2C1OC(C)=O. The fourth-order valence-corrected chi connectivity index (χ4v) is 1.94. The maximum absolute atomic E-state index is 12.1. The minimum Gasteiger partial charge on any atom is -0.437 e. The standard InChI is InChI=1S/C13H13NO3/c1-3-8-14-12(16)10-6-4-5-7-11(10)13(14)17-9(2)15/h3-7,13H,1,8H2,2H3. The lowest BCUT2D eigenvalue weighted by Crippen LogP contribution is -2.30. The first kappa shape index (κ1) is 11.4. The van der Waals surface area contributed by atoms with E-state index in [1.807, 2.05) is 6.07 Å². The van der Waals surface area contributed by atoms with Crippen LogP contribution in [-0.4, -0.2) is 23.3 Å². The summed E-state index contributed by atoms with van der Waals surface area (Å²) in [5.41, 5.74) is 1.31. The van der Waals surface area contributed by atoms with Gasteiger partial charge in [0.05, 0.1) is 0 Å². The molecule has 0 spiro atoms. The summed E-state index contributed by atoms with van der Waals surface area (Å²) in [4.78, 5) is 24.6. The summed E-state index contributed by atoms with van der Waals surface area (Å²) in [6.45, 7) is 5.28. The second-order valence-electron chi connectivity index (χ2n) is 3.80. The number of hydrogen-bond acceptors (Lipinski definition) is 3. The van der Waals surface area contributed by atoms with Crippen molar-refractivity contribution in [1.29, 1.82) is 0 Å². The highest BCUT2D eigenvalue weighted by Gasteiger charge is 2.37. The lowest BCUT2D eigenvalue weighted by Gasteiger charge is -2.23. The molecule has 0 bridgehead atoms. The zero-order valence-electron chi connectivity index (χ0n) is 9.55. The molecule has 0 saturated heterocycles. The van der Waals surface area contributed by atoms with Crippen molar-refractivity contribution in [2.75, 3.05) is 6.54 Å². The van der Waals surface area contributed by atoms with Crippen molar-refractivity contribution in [1.82, 2.24) is 4.90 Å². The summed E-state index contributed by atoms with van der Waals surface area (Å²) in [5, 5.41) is 0. The van der Waals surface area contributed by atoms with Crippen molar-refractivity contribution in [3.05, 3.63) is 48.0 Å². The van der Waals surface area contributed by atoms with E-state index in [9.17, 15) is 9.59 Å². The van der Waals surface area contributed by atoms with Crippen molar-refractivity contribution >= 4 is 11.9 Å². The number of amides is 1. The van der Waals surface area contributed by atoms with E-state index in [0.29, 0.717) is 12.1 Å².